The highest BCUT2D eigenvalue weighted by Gasteiger charge is 2.32. The molecule has 0 bridgehead atoms. The number of carbonyl (C=O) groups excluding carboxylic acids is 1. The fourth-order valence-corrected chi connectivity index (χ4v) is 2.42. The Bertz CT molecular complexity index is 447. The van der Waals surface area contributed by atoms with Crippen molar-refractivity contribution in [2.45, 2.75) is 32.4 Å². The number of amides is 1. The number of nitrogens with two attached hydrogens (primary N) is 1. The molecule has 2 rings (SSSR count). The van der Waals surface area contributed by atoms with E-state index in [2.05, 4.69) is 0 Å². The molecule has 2 N–H and O–H groups in total. The molecule has 0 radical (unpaired) electrons. The largest absolute Gasteiger partial charge is 0.334 e. The molecule has 4 heteroatoms. The molecular weight excluding hydrogens is 236 g/mol. The fourth-order valence-electron chi connectivity index (χ4n) is 2.24. The molecule has 1 saturated heterocycles. The van der Waals surface area contributed by atoms with Gasteiger partial charge in [0, 0.05) is 29.2 Å². The summed E-state index contributed by atoms with van der Waals surface area (Å²) >= 11 is 6.03. The first-order valence-electron chi connectivity index (χ1n) is 5.84. The van der Waals surface area contributed by atoms with Crippen LogP contribution < -0.4 is 5.73 Å². The van der Waals surface area contributed by atoms with Gasteiger partial charge in [-0.15, -0.1) is 0 Å². The van der Waals surface area contributed by atoms with Crippen LogP contribution in [0.2, 0.25) is 5.02 Å². The zero-order valence-corrected chi connectivity index (χ0v) is 10.9. The molecular formula is C13H17ClN2O. The number of halogens is 1. The van der Waals surface area contributed by atoms with Gasteiger partial charge in [0.15, 0.2) is 0 Å². The second-order valence-electron chi connectivity index (χ2n) is 4.60. The Morgan fingerprint density at radius 3 is 2.82 bits per heavy atom. The van der Waals surface area contributed by atoms with Crippen LogP contribution in [-0.4, -0.2) is 29.4 Å². The first-order valence-corrected chi connectivity index (χ1v) is 6.22. The predicted molar refractivity (Wildman–Crippen MR) is 69.3 cm³/mol. The van der Waals surface area contributed by atoms with Gasteiger partial charge in [-0.05, 0) is 38.0 Å². The van der Waals surface area contributed by atoms with Gasteiger partial charge in [0.25, 0.3) is 5.91 Å². The van der Waals surface area contributed by atoms with Gasteiger partial charge >= 0.3 is 0 Å². The van der Waals surface area contributed by atoms with Crippen LogP contribution in [0.3, 0.4) is 0 Å². The first kappa shape index (κ1) is 12.4. The number of benzene rings is 1. The Hall–Kier alpha value is -1.06. The number of hydrogen-bond acceptors (Lipinski definition) is 2. The third-order valence-corrected chi connectivity index (χ3v) is 3.98. The fraction of sp³-hybridized carbons (Fsp3) is 0.462. The average Bonchev–Trinajstić information content (AvgIpc) is 2.63. The number of likely N-dealkylation sites (tertiary alicyclic amines) is 1. The molecule has 0 aromatic heterocycles. The predicted octanol–water partition coefficient (Wildman–Crippen LogP) is 2.21. The molecule has 92 valence electrons. The van der Waals surface area contributed by atoms with Crippen LogP contribution in [-0.2, 0) is 0 Å². The molecule has 1 aliphatic rings. The third-order valence-electron chi connectivity index (χ3n) is 3.57. The molecule has 1 aliphatic heterocycles. The van der Waals surface area contributed by atoms with Gasteiger partial charge in [-0.3, -0.25) is 4.79 Å². The van der Waals surface area contributed by atoms with Crippen LogP contribution in [0.4, 0.5) is 0 Å². The van der Waals surface area contributed by atoms with E-state index in [0.29, 0.717) is 10.6 Å². The molecule has 3 nitrogen and oxygen atoms in total. The molecule has 17 heavy (non-hydrogen) atoms. The van der Waals surface area contributed by atoms with Crippen molar-refractivity contribution >= 4 is 17.5 Å². The third kappa shape index (κ3) is 2.17. The maximum atomic E-state index is 12.4. The summed E-state index contributed by atoms with van der Waals surface area (Å²) in [6.07, 6.45) is 0.868. The van der Waals surface area contributed by atoms with Gasteiger partial charge in [0.2, 0.25) is 0 Å². The number of hydrogen-bond donors (Lipinski definition) is 1. The Balaban J connectivity index is 2.29. The lowest BCUT2D eigenvalue weighted by molar-refractivity contribution is 0.0742. The standard InChI is InChI=1S/C13H17ClN2O/c1-8-10(4-3-5-11(8)14)13(17)16-7-6-12(15)9(16)2/h3-5,9,12H,6-7,15H2,1-2H3. The molecule has 1 fully saturated rings. The van der Waals surface area contributed by atoms with Gasteiger partial charge in [-0.25, -0.2) is 0 Å². The normalized spacial score (nSPS) is 24.1. The van der Waals surface area contributed by atoms with Crippen molar-refractivity contribution in [3.8, 4) is 0 Å². The van der Waals surface area contributed by atoms with Gasteiger partial charge in [0.05, 0.1) is 0 Å². The summed E-state index contributed by atoms with van der Waals surface area (Å²) in [7, 11) is 0. The summed E-state index contributed by atoms with van der Waals surface area (Å²) < 4.78 is 0. The van der Waals surface area contributed by atoms with Crippen LogP contribution >= 0.6 is 11.6 Å². The molecule has 2 atom stereocenters. The van der Waals surface area contributed by atoms with Crippen molar-refractivity contribution < 1.29 is 4.79 Å². The van der Waals surface area contributed by atoms with E-state index in [1.807, 2.05) is 30.9 Å². The lowest BCUT2D eigenvalue weighted by Gasteiger charge is -2.24. The van der Waals surface area contributed by atoms with Crippen molar-refractivity contribution in [2.24, 2.45) is 5.73 Å². The lowest BCUT2D eigenvalue weighted by Crippen LogP contribution is -2.40. The van der Waals surface area contributed by atoms with E-state index in [9.17, 15) is 4.79 Å². The van der Waals surface area contributed by atoms with Crippen LogP contribution in [0.25, 0.3) is 0 Å². The van der Waals surface area contributed by atoms with Crippen LogP contribution in [0.5, 0.6) is 0 Å². The number of nitrogens with zero attached hydrogens (tertiary/aromatic N) is 1. The number of carbonyl (C=O) groups is 1. The molecule has 1 amide bonds. The first-order chi connectivity index (χ1) is 8.02. The summed E-state index contributed by atoms with van der Waals surface area (Å²) in [5.41, 5.74) is 7.45. The Kier molecular flexibility index (Phi) is 3.40. The van der Waals surface area contributed by atoms with Gasteiger partial charge in [-0.1, -0.05) is 17.7 Å². The van der Waals surface area contributed by atoms with E-state index in [1.165, 1.54) is 0 Å². The Morgan fingerprint density at radius 1 is 1.53 bits per heavy atom. The highest BCUT2D eigenvalue weighted by atomic mass is 35.5. The summed E-state index contributed by atoms with van der Waals surface area (Å²) in [5, 5.41) is 0.631. The van der Waals surface area contributed by atoms with Gasteiger partial charge < -0.3 is 10.6 Å². The second kappa shape index (κ2) is 4.67. The van der Waals surface area contributed by atoms with E-state index >= 15 is 0 Å². The zero-order chi connectivity index (χ0) is 12.6. The summed E-state index contributed by atoms with van der Waals surface area (Å²) in [4.78, 5) is 14.2. The molecule has 1 aromatic carbocycles. The Morgan fingerprint density at radius 2 is 2.24 bits per heavy atom. The summed E-state index contributed by atoms with van der Waals surface area (Å²) in [6, 6.07) is 5.61. The van der Waals surface area contributed by atoms with Crippen molar-refractivity contribution in [2.75, 3.05) is 6.54 Å². The minimum Gasteiger partial charge on any atom is -0.334 e. The van der Waals surface area contributed by atoms with Crippen LogP contribution in [0.15, 0.2) is 18.2 Å². The minimum atomic E-state index is 0.0328. The minimum absolute atomic E-state index is 0.0328. The molecule has 2 unspecified atom stereocenters. The van der Waals surface area contributed by atoms with E-state index < -0.39 is 0 Å². The maximum Gasteiger partial charge on any atom is 0.254 e. The lowest BCUT2D eigenvalue weighted by atomic mass is 10.1. The molecule has 0 saturated carbocycles. The maximum absolute atomic E-state index is 12.4. The monoisotopic (exact) mass is 252 g/mol. The summed E-state index contributed by atoms with van der Waals surface area (Å²) in [5.74, 6) is 0.0328. The van der Waals surface area contributed by atoms with E-state index in [0.717, 1.165) is 18.5 Å². The van der Waals surface area contributed by atoms with E-state index in [-0.39, 0.29) is 18.0 Å². The molecule has 0 spiro atoms. The quantitative estimate of drug-likeness (QED) is 0.833. The SMILES string of the molecule is Cc1c(Cl)cccc1C(=O)N1CCC(N)C1C. The van der Waals surface area contributed by atoms with Crippen molar-refractivity contribution in [1.29, 1.82) is 0 Å². The van der Waals surface area contributed by atoms with Crippen molar-refractivity contribution in [1.82, 2.24) is 4.90 Å². The smallest absolute Gasteiger partial charge is 0.254 e. The van der Waals surface area contributed by atoms with E-state index in [4.69, 9.17) is 17.3 Å². The number of rotatable bonds is 1. The Labute approximate surface area is 107 Å². The van der Waals surface area contributed by atoms with Gasteiger partial charge in [0.1, 0.15) is 0 Å². The zero-order valence-electron chi connectivity index (χ0n) is 10.1. The van der Waals surface area contributed by atoms with E-state index in [1.54, 1.807) is 6.07 Å². The highest BCUT2D eigenvalue weighted by molar-refractivity contribution is 6.31. The molecule has 1 heterocycles. The molecule has 1 aromatic rings. The topological polar surface area (TPSA) is 46.3 Å². The van der Waals surface area contributed by atoms with Crippen molar-refractivity contribution in [3.63, 3.8) is 0 Å². The van der Waals surface area contributed by atoms with Crippen LogP contribution in [0, 0.1) is 6.92 Å². The van der Waals surface area contributed by atoms with Gasteiger partial charge in [-0.2, -0.15) is 0 Å². The average molecular weight is 253 g/mol. The highest BCUT2D eigenvalue weighted by Crippen LogP contribution is 2.24. The van der Waals surface area contributed by atoms with Crippen LogP contribution in [0.1, 0.15) is 29.3 Å². The second-order valence-corrected chi connectivity index (χ2v) is 5.01. The van der Waals surface area contributed by atoms with Crippen molar-refractivity contribution in [3.05, 3.63) is 34.3 Å². The summed E-state index contributed by atoms with van der Waals surface area (Å²) in [6.45, 7) is 4.60. The molecule has 0 aliphatic carbocycles.